The lowest BCUT2D eigenvalue weighted by molar-refractivity contribution is -0.145. The van der Waals surface area contributed by atoms with Gasteiger partial charge in [-0.15, -0.1) is 24.9 Å². The third-order valence-corrected chi connectivity index (χ3v) is 10.7. The third-order valence-electron chi connectivity index (χ3n) is 8.32. The third kappa shape index (κ3) is 4.38. The summed E-state index contributed by atoms with van der Waals surface area (Å²) in [7, 11) is 0. The Kier molecular flexibility index (Phi) is 8.65. The number of nitrogens with zero attached hydrogens (tertiary/aromatic N) is 3. The number of hydrogen-bond acceptors (Lipinski definition) is 5. The molecule has 38 heavy (non-hydrogen) atoms. The predicted molar refractivity (Wildman–Crippen MR) is 153 cm³/mol. The Balaban J connectivity index is 1.83. The van der Waals surface area contributed by atoms with E-state index in [0.717, 1.165) is 12.8 Å². The van der Waals surface area contributed by atoms with Crippen LogP contribution in [0, 0.1) is 17.8 Å². The van der Waals surface area contributed by atoms with Crippen molar-refractivity contribution in [3.63, 3.8) is 0 Å². The Morgan fingerprint density at radius 1 is 1.26 bits per heavy atom. The van der Waals surface area contributed by atoms with Crippen LogP contribution in [0.3, 0.4) is 0 Å². The summed E-state index contributed by atoms with van der Waals surface area (Å²) in [6.07, 6.45) is 4.90. The molecular weight excluding hydrogens is 522 g/mol. The second kappa shape index (κ2) is 11.4. The van der Waals surface area contributed by atoms with Crippen LogP contribution in [0.5, 0.6) is 0 Å². The molecule has 0 aromatic heterocycles. The molecule has 0 aliphatic carbocycles. The number of hydrogen-bond donors (Lipinski definition) is 1. The Bertz CT molecular complexity index is 1120. The topological polar surface area (TPSA) is 81.2 Å². The molecule has 4 rings (SSSR count). The molecule has 0 radical (unpaired) electrons. The normalized spacial score (nSPS) is 30.2. The molecule has 1 aromatic rings. The molecule has 0 saturated carbocycles. The van der Waals surface area contributed by atoms with Gasteiger partial charge in [0, 0.05) is 24.9 Å². The Hall–Kier alpha value is -2.29. The van der Waals surface area contributed by atoms with E-state index in [0.29, 0.717) is 23.8 Å². The lowest BCUT2D eigenvalue weighted by Gasteiger charge is -2.42. The van der Waals surface area contributed by atoms with Crippen LogP contribution in [-0.4, -0.2) is 80.9 Å². The van der Waals surface area contributed by atoms with Gasteiger partial charge in [-0.3, -0.25) is 14.4 Å². The number of fused-ring (bicyclic) bond motifs is 1. The van der Waals surface area contributed by atoms with E-state index in [1.807, 2.05) is 13.0 Å². The summed E-state index contributed by atoms with van der Waals surface area (Å²) in [5, 5.41) is 10.5. The minimum Gasteiger partial charge on any atom is -0.394 e. The van der Waals surface area contributed by atoms with Gasteiger partial charge in [0.2, 0.25) is 11.8 Å². The molecule has 2 bridgehead atoms. The monoisotopic (exact) mass is 559 g/mol. The molecular formula is C29H38ClN3O4S. The fraction of sp³-hybridized carbons (Fsp3) is 0.552. The number of aliphatic hydroxyl groups is 1. The maximum absolute atomic E-state index is 14.6. The van der Waals surface area contributed by atoms with E-state index in [4.69, 9.17) is 11.6 Å². The molecule has 3 fully saturated rings. The average Bonchev–Trinajstić information content (AvgIpc) is 3.50. The van der Waals surface area contributed by atoms with Crippen molar-refractivity contribution in [3.8, 4) is 0 Å². The fourth-order valence-corrected chi connectivity index (χ4v) is 9.40. The summed E-state index contributed by atoms with van der Waals surface area (Å²) >= 11 is 8.15. The molecule has 3 amide bonds. The van der Waals surface area contributed by atoms with Crippen molar-refractivity contribution in [2.75, 3.05) is 31.1 Å². The predicted octanol–water partition coefficient (Wildman–Crippen LogP) is 4.00. The summed E-state index contributed by atoms with van der Waals surface area (Å²) in [5.74, 6) is -1.67. The maximum Gasteiger partial charge on any atom is 0.251 e. The molecule has 1 aromatic carbocycles. The molecule has 7 atom stereocenters. The number of aliphatic hydroxyl groups excluding tert-OH is 1. The first kappa shape index (κ1) is 28.7. The van der Waals surface area contributed by atoms with Gasteiger partial charge in [0.15, 0.2) is 0 Å². The van der Waals surface area contributed by atoms with Crippen LogP contribution in [0.1, 0.15) is 33.6 Å². The highest BCUT2D eigenvalue weighted by Gasteiger charge is 2.76. The lowest BCUT2D eigenvalue weighted by atomic mass is 9.65. The van der Waals surface area contributed by atoms with Gasteiger partial charge in [0.1, 0.15) is 6.04 Å². The highest BCUT2D eigenvalue weighted by atomic mass is 35.5. The Morgan fingerprint density at radius 2 is 1.95 bits per heavy atom. The lowest BCUT2D eigenvalue weighted by Crippen LogP contribution is -2.59. The van der Waals surface area contributed by atoms with Crippen LogP contribution in [0.2, 0.25) is 5.02 Å². The number of likely N-dealkylation sites (tertiary alicyclic amines) is 1. The summed E-state index contributed by atoms with van der Waals surface area (Å²) in [4.78, 5) is 47.7. The van der Waals surface area contributed by atoms with Gasteiger partial charge in [-0.2, -0.15) is 0 Å². The van der Waals surface area contributed by atoms with Crippen LogP contribution in [-0.2, 0) is 14.4 Å². The summed E-state index contributed by atoms with van der Waals surface area (Å²) in [5.41, 5.74) is 0.542. The SMILES string of the molecule is C=CCN(CCC)C(=O)[C@@H]1[C@H]2C(=O)N([C@H](C)CO)C(C(=O)N(CC=C)c3ccccc3Cl)C23S[C@@H]1CC3C. The first-order valence-corrected chi connectivity index (χ1v) is 14.6. The number of benzene rings is 1. The van der Waals surface area contributed by atoms with Crippen LogP contribution in [0.4, 0.5) is 5.69 Å². The highest BCUT2D eigenvalue weighted by Crippen LogP contribution is 2.69. The highest BCUT2D eigenvalue weighted by molar-refractivity contribution is 8.02. The number of anilines is 1. The smallest absolute Gasteiger partial charge is 0.251 e. The van der Waals surface area contributed by atoms with Crippen molar-refractivity contribution in [1.82, 2.24) is 9.80 Å². The maximum atomic E-state index is 14.6. The summed E-state index contributed by atoms with van der Waals surface area (Å²) in [6.45, 7) is 14.4. The van der Waals surface area contributed by atoms with Gasteiger partial charge >= 0.3 is 0 Å². The first-order chi connectivity index (χ1) is 18.2. The van der Waals surface area contributed by atoms with Crippen LogP contribution in [0.15, 0.2) is 49.6 Å². The zero-order chi connectivity index (χ0) is 27.8. The van der Waals surface area contributed by atoms with Crippen molar-refractivity contribution in [1.29, 1.82) is 0 Å². The Labute approximate surface area is 234 Å². The second-order valence-corrected chi connectivity index (χ2v) is 12.5. The van der Waals surface area contributed by atoms with Crippen molar-refractivity contribution in [2.24, 2.45) is 17.8 Å². The largest absolute Gasteiger partial charge is 0.394 e. The number of carbonyl (C=O) groups is 3. The zero-order valence-electron chi connectivity index (χ0n) is 22.4. The number of amides is 3. The molecule has 9 heteroatoms. The number of thioether (sulfide) groups is 1. The molecule has 3 saturated heterocycles. The molecule has 1 spiro atoms. The number of para-hydroxylation sites is 1. The quantitative estimate of drug-likeness (QED) is 0.414. The minimum absolute atomic E-state index is 0.0243. The van der Waals surface area contributed by atoms with Crippen molar-refractivity contribution in [2.45, 2.75) is 55.7 Å². The van der Waals surface area contributed by atoms with E-state index in [-0.39, 0.29) is 42.0 Å². The molecule has 3 unspecified atom stereocenters. The van der Waals surface area contributed by atoms with Gasteiger partial charge < -0.3 is 19.8 Å². The summed E-state index contributed by atoms with van der Waals surface area (Å²) in [6, 6.07) is 5.69. The molecule has 3 aliphatic rings. The van der Waals surface area contributed by atoms with Crippen LogP contribution < -0.4 is 4.90 Å². The van der Waals surface area contributed by atoms with E-state index in [9.17, 15) is 19.5 Å². The average molecular weight is 560 g/mol. The van der Waals surface area contributed by atoms with Gasteiger partial charge in [-0.1, -0.05) is 49.7 Å². The first-order valence-electron chi connectivity index (χ1n) is 13.4. The standard InChI is InChI=1S/C29H38ClN3O4S/c1-6-13-31(14-7-2)26(35)23-22-16-18(4)29(38-22)24(23)27(36)33(19(5)17-34)25(29)28(37)32(15-8-3)21-12-10-9-11-20(21)30/h6,8-12,18-19,22-25,34H,1,3,7,13-17H2,2,4-5H3/t18?,19-,22-,23+,24+,25?,29?/m1/s1. The van der Waals surface area contributed by atoms with E-state index >= 15 is 0 Å². The van der Waals surface area contributed by atoms with E-state index < -0.39 is 28.7 Å². The van der Waals surface area contributed by atoms with Crippen molar-refractivity contribution >= 4 is 46.8 Å². The van der Waals surface area contributed by atoms with E-state index in [2.05, 4.69) is 20.1 Å². The van der Waals surface area contributed by atoms with E-state index in [1.54, 1.807) is 63.7 Å². The zero-order valence-corrected chi connectivity index (χ0v) is 24.0. The van der Waals surface area contributed by atoms with Crippen molar-refractivity contribution in [3.05, 3.63) is 54.6 Å². The second-order valence-electron chi connectivity index (χ2n) is 10.6. The van der Waals surface area contributed by atoms with Crippen LogP contribution in [0.25, 0.3) is 0 Å². The molecule has 206 valence electrons. The van der Waals surface area contributed by atoms with Gasteiger partial charge in [0.05, 0.1) is 39.9 Å². The van der Waals surface area contributed by atoms with E-state index in [1.165, 1.54) is 0 Å². The van der Waals surface area contributed by atoms with Crippen molar-refractivity contribution < 1.29 is 19.5 Å². The molecule has 3 aliphatic heterocycles. The fourth-order valence-electron chi connectivity index (χ4n) is 6.77. The van der Waals surface area contributed by atoms with Crippen LogP contribution >= 0.6 is 23.4 Å². The van der Waals surface area contributed by atoms with Gasteiger partial charge in [0.25, 0.3) is 5.91 Å². The van der Waals surface area contributed by atoms with Gasteiger partial charge in [-0.25, -0.2) is 0 Å². The molecule has 7 nitrogen and oxygen atoms in total. The number of carbonyl (C=O) groups excluding carboxylic acids is 3. The molecule has 1 N–H and O–H groups in total. The van der Waals surface area contributed by atoms with Gasteiger partial charge in [-0.05, 0) is 37.8 Å². The summed E-state index contributed by atoms with van der Waals surface area (Å²) < 4.78 is -0.782. The minimum atomic E-state index is -0.847. The molecule has 3 heterocycles. The number of rotatable bonds is 11. The Morgan fingerprint density at radius 3 is 2.55 bits per heavy atom. The number of halogens is 1.